The summed E-state index contributed by atoms with van der Waals surface area (Å²) in [6.45, 7) is 5.55. The molecule has 1 fully saturated rings. The van der Waals surface area contributed by atoms with Gasteiger partial charge in [0.25, 0.3) is 0 Å². The molecular weight excluding hydrogens is 1090 g/mol. The first-order valence-electron chi connectivity index (χ1n) is 32.1. The Morgan fingerprint density at radius 2 is 0.988 bits per heavy atom. The van der Waals surface area contributed by atoms with E-state index in [1.54, 1.807) is 12.2 Å². The first-order valence-corrected chi connectivity index (χ1v) is 32.1. The van der Waals surface area contributed by atoms with E-state index in [9.17, 15) is 58.5 Å². The molecule has 2 N–H and O–H groups in total. The average molecular weight is 1190 g/mol. The number of allylic oxidation sites excluding steroid dienone is 12. The van der Waals surface area contributed by atoms with Crippen LogP contribution >= 0.6 is 0 Å². The minimum absolute atomic E-state index is 0.0242. The van der Waals surface area contributed by atoms with E-state index in [-0.39, 0.29) is 44.8 Å². The van der Waals surface area contributed by atoms with Crippen molar-refractivity contribution < 1.29 is 82.5 Å². The van der Waals surface area contributed by atoms with Crippen LogP contribution in [0.5, 0.6) is 0 Å². The van der Waals surface area contributed by atoms with Gasteiger partial charge in [0, 0.05) is 43.0 Å². The molecule has 1 rings (SSSR count). The molecule has 7 atom stereocenters. The summed E-state index contributed by atoms with van der Waals surface area (Å²) in [6.07, 6.45) is 46.6. The molecule has 1 heterocycles. The van der Waals surface area contributed by atoms with Gasteiger partial charge in [0.05, 0.1) is 25.2 Å². The van der Waals surface area contributed by atoms with Crippen molar-refractivity contribution in [2.24, 2.45) is 35.5 Å². The van der Waals surface area contributed by atoms with Crippen LogP contribution in [0.1, 0.15) is 245 Å². The minimum Gasteiger partial charge on any atom is -0.550 e. The summed E-state index contributed by atoms with van der Waals surface area (Å²) in [4.78, 5) is 108. The van der Waals surface area contributed by atoms with Crippen LogP contribution in [0, 0.1) is 35.5 Å². The summed E-state index contributed by atoms with van der Waals surface area (Å²) in [5.74, 6) is -10.8. The number of cyclic esters (lactones) is 2. The largest absolute Gasteiger partial charge is 0.550 e. The number of hydrogen-bond donors (Lipinski definition) is 2. The normalized spacial score (nSPS) is 15.9. The predicted molar refractivity (Wildman–Crippen MR) is 323 cm³/mol. The summed E-state index contributed by atoms with van der Waals surface area (Å²) >= 11 is 0. The van der Waals surface area contributed by atoms with E-state index in [0.717, 1.165) is 141 Å². The molecule has 0 spiro atoms. The van der Waals surface area contributed by atoms with Gasteiger partial charge in [-0.15, -0.1) is 0 Å². The fraction of sp³-hybridized carbons (Fsp3) is 0.691. The zero-order valence-corrected chi connectivity index (χ0v) is 51.7. The van der Waals surface area contributed by atoms with Crippen molar-refractivity contribution in [3.63, 3.8) is 0 Å². The molecule has 0 saturated carbocycles. The smallest absolute Gasteiger partial charge is 0.317 e. The van der Waals surface area contributed by atoms with Gasteiger partial charge in [-0.05, 0) is 101 Å². The number of aliphatic carboxylic acids is 4. The second kappa shape index (κ2) is 51.1. The van der Waals surface area contributed by atoms with Crippen LogP contribution in [0.25, 0.3) is 0 Å². The first-order chi connectivity index (χ1) is 41.0. The Morgan fingerprint density at radius 3 is 1.53 bits per heavy atom. The SMILES string of the molecule is CCCCCCCC(/C=C/CCCCCCC(=O)OC(COC(=O)CCCCCCC/C=C\C=C\C(CCCCC)C1CC(=O)OC1=O)COC(=O)CCCCCCC/C=C\C/C=C\C=C\C(CC)C(CC(=O)O)C(=O)[O-])C(CC(=O)O)C(=O)[O-]. The van der Waals surface area contributed by atoms with Crippen LogP contribution in [0.3, 0.4) is 0 Å². The van der Waals surface area contributed by atoms with E-state index in [4.69, 9.17) is 24.1 Å². The molecule has 0 bridgehead atoms. The van der Waals surface area contributed by atoms with Gasteiger partial charge in [0.15, 0.2) is 6.10 Å². The molecule has 17 heteroatoms. The topological polar surface area (TPSA) is 277 Å². The summed E-state index contributed by atoms with van der Waals surface area (Å²) in [5, 5.41) is 41.6. The molecule has 0 aromatic carbocycles. The highest BCUT2D eigenvalue weighted by Crippen LogP contribution is 2.30. The maximum Gasteiger partial charge on any atom is 0.317 e. The summed E-state index contributed by atoms with van der Waals surface area (Å²) in [6, 6.07) is 0. The zero-order chi connectivity index (χ0) is 62.7. The summed E-state index contributed by atoms with van der Waals surface area (Å²) in [7, 11) is 0. The number of unbranched alkanes of at least 4 members (excludes halogenated alkanes) is 20. The highest BCUT2D eigenvalue weighted by Gasteiger charge is 2.38. The highest BCUT2D eigenvalue weighted by atomic mass is 16.6. The Balaban J connectivity index is 2.62. The second-order valence-electron chi connectivity index (χ2n) is 22.6. The zero-order valence-electron chi connectivity index (χ0n) is 51.7. The quantitative estimate of drug-likeness (QED) is 0.0143. The van der Waals surface area contributed by atoms with E-state index in [1.807, 2.05) is 55.5 Å². The summed E-state index contributed by atoms with van der Waals surface area (Å²) in [5.41, 5.74) is 0. The van der Waals surface area contributed by atoms with E-state index in [2.05, 4.69) is 26.0 Å². The maximum absolute atomic E-state index is 13.0. The maximum atomic E-state index is 13.0. The Bertz CT molecular complexity index is 2100. The molecule has 1 aliphatic rings. The van der Waals surface area contributed by atoms with Gasteiger partial charge < -0.3 is 49.0 Å². The third kappa shape index (κ3) is 41.5. The first kappa shape index (κ1) is 76.9. The number of ether oxygens (including phenoxy) is 4. The molecule has 85 heavy (non-hydrogen) atoms. The van der Waals surface area contributed by atoms with E-state index < -0.39 is 102 Å². The lowest BCUT2D eigenvalue weighted by Crippen LogP contribution is -2.37. The van der Waals surface area contributed by atoms with E-state index in [0.29, 0.717) is 44.9 Å². The standard InChI is InChI=1S/C68H106O17/c1-4-7-9-25-34-42-54(58(67(79)80)49-61(71)72)43-35-28-23-24-31-39-47-64(75)84-56(51-82-62(73)45-37-29-21-17-13-11-10-12-15-19-26-33-40-53(6-3)57(66(77)78)48-60(69)70)52-83-63(74)46-38-30-22-18-14-16-20-27-36-44-55(41-32-8-5-2)59-50-65(76)85-68(59)81/h10,12,19-20,26-27,33,35-36,40,43-44,53-59H,4-9,11,13-18,21-25,28-32,34,37-39,41-42,45-52H2,1-3H3,(H,69,70)(H,71,72)(H,77,78)(H,79,80)/p-2/b12-10-,26-19-,27-20-,40-33+,43-35+,44-36+. The van der Waals surface area contributed by atoms with Crippen LogP contribution in [0.4, 0.5) is 0 Å². The second-order valence-corrected chi connectivity index (χ2v) is 22.6. The van der Waals surface area contributed by atoms with E-state index >= 15 is 0 Å². The molecule has 0 aromatic heterocycles. The molecular formula is C68H104O17-2. The van der Waals surface area contributed by atoms with Crippen LogP contribution in [-0.2, 0) is 62.1 Å². The van der Waals surface area contributed by atoms with Crippen molar-refractivity contribution in [2.75, 3.05) is 13.2 Å². The van der Waals surface area contributed by atoms with Gasteiger partial charge in [-0.25, -0.2) is 0 Å². The van der Waals surface area contributed by atoms with Gasteiger partial charge in [-0.3, -0.25) is 33.6 Å². The minimum atomic E-state index is -1.36. The predicted octanol–water partition coefficient (Wildman–Crippen LogP) is 12.5. The molecule has 0 aromatic rings. The number of rotatable bonds is 55. The number of carboxylic acid groups (broad SMARTS) is 4. The monoisotopic (exact) mass is 1190 g/mol. The molecule has 0 radical (unpaired) electrons. The lowest BCUT2D eigenvalue weighted by Gasteiger charge is -2.24. The van der Waals surface area contributed by atoms with Crippen molar-refractivity contribution in [3.8, 4) is 0 Å². The van der Waals surface area contributed by atoms with Crippen LogP contribution in [0.15, 0.2) is 72.9 Å². The van der Waals surface area contributed by atoms with E-state index in [1.165, 1.54) is 0 Å². The fourth-order valence-corrected chi connectivity index (χ4v) is 10.2. The number of carbonyl (C=O) groups is 9. The van der Waals surface area contributed by atoms with Crippen LogP contribution in [-0.4, -0.2) is 83.3 Å². The average Bonchev–Trinajstić information content (AvgIpc) is 3.95. The molecule has 0 amide bonds. The Morgan fingerprint density at radius 1 is 0.518 bits per heavy atom. The van der Waals surface area contributed by atoms with Crippen LogP contribution < -0.4 is 10.2 Å². The van der Waals surface area contributed by atoms with Crippen molar-refractivity contribution in [1.29, 1.82) is 0 Å². The van der Waals surface area contributed by atoms with Crippen LogP contribution in [0.2, 0.25) is 0 Å². The van der Waals surface area contributed by atoms with Crippen molar-refractivity contribution in [3.05, 3.63) is 72.9 Å². The molecule has 0 aliphatic carbocycles. The Hall–Kier alpha value is -6.13. The number of esters is 5. The van der Waals surface area contributed by atoms with Gasteiger partial charge >= 0.3 is 41.8 Å². The lowest BCUT2D eigenvalue weighted by atomic mass is 9.84. The third-order valence-corrected chi connectivity index (χ3v) is 15.3. The number of carbonyl (C=O) groups excluding carboxylic acids is 7. The molecule has 7 unspecified atom stereocenters. The van der Waals surface area contributed by atoms with Gasteiger partial charge in [0.2, 0.25) is 0 Å². The van der Waals surface area contributed by atoms with Crippen molar-refractivity contribution in [1.82, 2.24) is 0 Å². The molecule has 1 aliphatic heterocycles. The number of carboxylic acids is 4. The fourth-order valence-electron chi connectivity index (χ4n) is 10.2. The third-order valence-electron chi connectivity index (χ3n) is 15.3. The highest BCUT2D eigenvalue weighted by molar-refractivity contribution is 5.95. The van der Waals surface area contributed by atoms with Crippen molar-refractivity contribution >= 4 is 53.7 Å². The lowest BCUT2D eigenvalue weighted by molar-refractivity contribution is -0.314. The molecule has 17 nitrogen and oxygen atoms in total. The summed E-state index contributed by atoms with van der Waals surface area (Å²) < 4.78 is 21.5. The molecule has 480 valence electrons. The number of hydrogen-bond acceptors (Lipinski definition) is 15. The van der Waals surface area contributed by atoms with Gasteiger partial charge in [-0.2, -0.15) is 0 Å². The Labute approximate surface area is 507 Å². The van der Waals surface area contributed by atoms with Crippen molar-refractivity contribution in [2.45, 2.75) is 252 Å². The van der Waals surface area contributed by atoms with Gasteiger partial charge in [0.1, 0.15) is 13.2 Å². The molecule has 1 saturated heterocycles. The van der Waals surface area contributed by atoms with Gasteiger partial charge in [-0.1, -0.05) is 196 Å². The Kier molecular flexibility index (Phi) is 46.2.